The first-order valence-electron chi connectivity index (χ1n) is 11.0. The maximum Gasteiger partial charge on any atom is 0.265 e. The standard InChI is InChI=1S/C24H29N3O5S/c1-15-5-7-19(8-6-15)26(4)24(29)18-9-11-27(12-10-18)33(30,31)22-14-21-20(13-16(22)2)25-23(28)17(3)32-21/h5-8,13-14,17-18H,9-12H2,1-4H3,(H,25,28)/t17-/m1/s1. The molecular formula is C24H29N3O5S. The molecule has 9 heteroatoms. The van der Waals surface area contributed by atoms with Crippen LogP contribution in [0.1, 0.15) is 30.9 Å². The fraction of sp³-hybridized carbons (Fsp3) is 0.417. The van der Waals surface area contributed by atoms with Gasteiger partial charge in [0.15, 0.2) is 6.10 Å². The van der Waals surface area contributed by atoms with E-state index in [1.54, 1.807) is 31.9 Å². The largest absolute Gasteiger partial charge is 0.479 e. The summed E-state index contributed by atoms with van der Waals surface area (Å²) < 4.78 is 33.8. The SMILES string of the molecule is Cc1ccc(N(C)C(=O)C2CCN(S(=O)(=O)c3cc4c(cc3C)NC(=O)[C@@H](C)O4)CC2)cc1. The first-order chi connectivity index (χ1) is 15.6. The van der Waals surface area contributed by atoms with Gasteiger partial charge in [-0.25, -0.2) is 8.42 Å². The maximum atomic E-state index is 13.4. The van der Waals surface area contributed by atoms with E-state index in [1.165, 1.54) is 10.4 Å². The smallest absolute Gasteiger partial charge is 0.265 e. The minimum atomic E-state index is -3.77. The number of carbonyl (C=O) groups excluding carboxylic acids is 2. The molecule has 2 aliphatic rings. The zero-order valence-corrected chi connectivity index (χ0v) is 20.1. The van der Waals surface area contributed by atoms with Crippen molar-refractivity contribution in [3.63, 3.8) is 0 Å². The van der Waals surface area contributed by atoms with Gasteiger partial charge in [0, 0.05) is 37.8 Å². The number of piperidine rings is 1. The molecule has 0 aromatic heterocycles. The number of nitrogens with zero attached hydrogens (tertiary/aromatic N) is 2. The molecule has 4 rings (SSSR count). The Hall–Kier alpha value is -2.91. The predicted octanol–water partition coefficient (Wildman–Crippen LogP) is 3.09. The maximum absolute atomic E-state index is 13.4. The highest BCUT2D eigenvalue weighted by Gasteiger charge is 2.35. The van der Waals surface area contributed by atoms with Crippen molar-refractivity contribution >= 4 is 33.2 Å². The van der Waals surface area contributed by atoms with Crippen LogP contribution < -0.4 is 15.0 Å². The molecule has 1 atom stereocenters. The Balaban J connectivity index is 1.47. The van der Waals surface area contributed by atoms with Crippen molar-refractivity contribution in [3.05, 3.63) is 47.5 Å². The topological polar surface area (TPSA) is 96.0 Å². The van der Waals surface area contributed by atoms with E-state index in [4.69, 9.17) is 4.74 Å². The molecular weight excluding hydrogens is 442 g/mol. The Bertz CT molecular complexity index is 1190. The fourth-order valence-electron chi connectivity index (χ4n) is 4.27. The van der Waals surface area contributed by atoms with Crippen LogP contribution >= 0.6 is 0 Å². The van der Waals surface area contributed by atoms with Gasteiger partial charge in [0.1, 0.15) is 5.75 Å². The second-order valence-corrected chi connectivity index (χ2v) is 10.7. The van der Waals surface area contributed by atoms with Crippen molar-refractivity contribution in [1.29, 1.82) is 0 Å². The summed E-state index contributed by atoms with van der Waals surface area (Å²) in [5.41, 5.74) is 2.95. The number of ether oxygens (including phenoxy) is 1. The van der Waals surface area contributed by atoms with Crippen LogP contribution in [0.4, 0.5) is 11.4 Å². The number of hydrogen-bond acceptors (Lipinski definition) is 5. The van der Waals surface area contributed by atoms with E-state index in [-0.39, 0.29) is 35.7 Å². The van der Waals surface area contributed by atoms with Gasteiger partial charge < -0.3 is 15.0 Å². The van der Waals surface area contributed by atoms with Crippen LogP contribution in [0.5, 0.6) is 5.75 Å². The zero-order chi connectivity index (χ0) is 23.9. The lowest BCUT2D eigenvalue weighted by Gasteiger charge is -2.33. The van der Waals surface area contributed by atoms with Gasteiger partial charge in [0.2, 0.25) is 15.9 Å². The lowest BCUT2D eigenvalue weighted by Crippen LogP contribution is -2.43. The molecule has 1 fully saturated rings. The molecule has 0 radical (unpaired) electrons. The van der Waals surface area contributed by atoms with Crippen LogP contribution in [0.15, 0.2) is 41.3 Å². The Morgan fingerprint density at radius 2 is 1.76 bits per heavy atom. The average Bonchev–Trinajstić information content (AvgIpc) is 2.79. The van der Waals surface area contributed by atoms with Crippen LogP contribution in [0.3, 0.4) is 0 Å². The van der Waals surface area contributed by atoms with E-state index in [1.807, 2.05) is 31.2 Å². The quantitative estimate of drug-likeness (QED) is 0.739. The Kier molecular flexibility index (Phi) is 6.20. The molecule has 0 aliphatic carbocycles. The highest BCUT2D eigenvalue weighted by atomic mass is 32.2. The molecule has 8 nitrogen and oxygen atoms in total. The number of sulfonamides is 1. The fourth-order valence-corrected chi connectivity index (χ4v) is 5.96. The Morgan fingerprint density at radius 3 is 2.39 bits per heavy atom. The van der Waals surface area contributed by atoms with Gasteiger partial charge in [0.05, 0.1) is 10.6 Å². The second-order valence-electron chi connectivity index (χ2n) is 8.77. The summed E-state index contributed by atoms with van der Waals surface area (Å²) in [6.07, 6.45) is 0.229. The van der Waals surface area contributed by atoms with Crippen LogP contribution in [-0.4, -0.2) is 50.8 Å². The van der Waals surface area contributed by atoms with E-state index < -0.39 is 16.1 Å². The highest BCUT2D eigenvalue weighted by molar-refractivity contribution is 7.89. The summed E-state index contributed by atoms with van der Waals surface area (Å²) in [4.78, 5) is 26.6. The number of amides is 2. The van der Waals surface area contributed by atoms with E-state index in [9.17, 15) is 18.0 Å². The molecule has 0 spiro atoms. The van der Waals surface area contributed by atoms with E-state index >= 15 is 0 Å². The van der Waals surface area contributed by atoms with Gasteiger partial charge >= 0.3 is 0 Å². The summed E-state index contributed by atoms with van der Waals surface area (Å²) in [6, 6.07) is 10.9. The molecule has 2 heterocycles. The monoisotopic (exact) mass is 471 g/mol. The number of rotatable bonds is 4. The Labute approximate surface area is 194 Å². The second kappa shape index (κ2) is 8.79. The van der Waals surface area contributed by atoms with Gasteiger partial charge in [-0.1, -0.05) is 17.7 Å². The van der Waals surface area contributed by atoms with Gasteiger partial charge in [-0.05, 0) is 57.4 Å². The van der Waals surface area contributed by atoms with Crippen LogP contribution in [0.25, 0.3) is 0 Å². The minimum Gasteiger partial charge on any atom is -0.479 e. The summed E-state index contributed by atoms with van der Waals surface area (Å²) in [6.45, 7) is 5.84. The number of carbonyl (C=O) groups is 2. The summed E-state index contributed by atoms with van der Waals surface area (Å²) in [5.74, 6) is -0.151. The van der Waals surface area contributed by atoms with Crippen LogP contribution in [0.2, 0.25) is 0 Å². The molecule has 0 unspecified atom stereocenters. The van der Waals surface area contributed by atoms with Crippen LogP contribution in [0, 0.1) is 19.8 Å². The van der Waals surface area contributed by atoms with E-state index in [0.717, 1.165) is 11.3 Å². The molecule has 176 valence electrons. The van der Waals surface area contributed by atoms with Crippen molar-refractivity contribution in [2.45, 2.75) is 44.6 Å². The van der Waals surface area contributed by atoms with E-state index in [2.05, 4.69) is 5.32 Å². The summed E-state index contributed by atoms with van der Waals surface area (Å²) >= 11 is 0. The van der Waals surface area contributed by atoms with Crippen molar-refractivity contribution in [3.8, 4) is 5.75 Å². The molecule has 0 bridgehead atoms. The molecule has 33 heavy (non-hydrogen) atoms. The molecule has 2 aromatic rings. The van der Waals surface area contributed by atoms with Crippen molar-refractivity contribution in [2.24, 2.45) is 5.92 Å². The van der Waals surface area contributed by atoms with Crippen LogP contribution in [-0.2, 0) is 19.6 Å². The molecule has 2 amide bonds. The first-order valence-corrected chi connectivity index (χ1v) is 12.5. The van der Waals surface area contributed by atoms with Gasteiger partial charge in [0.25, 0.3) is 5.91 Å². The normalized spacial score (nSPS) is 19.4. The third-order valence-electron chi connectivity index (χ3n) is 6.38. The number of fused-ring (bicyclic) bond motifs is 1. The first kappa shape index (κ1) is 23.3. The highest BCUT2D eigenvalue weighted by Crippen LogP contribution is 2.36. The van der Waals surface area contributed by atoms with Crippen molar-refractivity contribution < 1.29 is 22.7 Å². The van der Waals surface area contributed by atoms with Crippen molar-refractivity contribution in [2.75, 3.05) is 30.4 Å². The van der Waals surface area contributed by atoms with Crippen molar-refractivity contribution in [1.82, 2.24) is 4.31 Å². The molecule has 1 saturated heterocycles. The number of aryl methyl sites for hydroxylation is 2. The third kappa shape index (κ3) is 4.47. The molecule has 0 saturated carbocycles. The number of hydrogen-bond donors (Lipinski definition) is 1. The lowest BCUT2D eigenvalue weighted by molar-refractivity contribution is -0.123. The van der Waals surface area contributed by atoms with E-state index in [0.29, 0.717) is 29.8 Å². The lowest BCUT2D eigenvalue weighted by atomic mass is 9.96. The molecule has 1 N–H and O–H groups in total. The third-order valence-corrected chi connectivity index (χ3v) is 8.42. The number of anilines is 2. The predicted molar refractivity (Wildman–Crippen MR) is 126 cm³/mol. The van der Waals surface area contributed by atoms with Gasteiger partial charge in [-0.2, -0.15) is 4.31 Å². The molecule has 2 aromatic carbocycles. The number of nitrogens with one attached hydrogen (secondary N) is 1. The average molecular weight is 472 g/mol. The zero-order valence-electron chi connectivity index (χ0n) is 19.3. The molecule has 2 aliphatic heterocycles. The van der Waals surface area contributed by atoms with Gasteiger partial charge in [-0.3, -0.25) is 9.59 Å². The Morgan fingerprint density at radius 1 is 1.12 bits per heavy atom. The van der Waals surface area contributed by atoms with Gasteiger partial charge in [-0.15, -0.1) is 0 Å². The summed E-state index contributed by atoms with van der Waals surface area (Å²) in [5, 5.41) is 2.74. The number of benzene rings is 2. The summed E-state index contributed by atoms with van der Waals surface area (Å²) in [7, 11) is -2.01. The minimum absolute atomic E-state index is 0.000934.